The van der Waals surface area contributed by atoms with Gasteiger partial charge in [0.25, 0.3) is 0 Å². The van der Waals surface area contributed by atoms with E-state index in [-0.39, 0.29) is 23.2 Å². The highest BCUT2D eigenvalue weighted by Gasteiger charge is 2.45. The Balaban J connectivity index is 1.73. The van der Waals surface area contributed by atoms with Gasteiger partial charge >= 0.3 is 0 Å². The summed E-state index contributed by atoms with van der Waals surface area (Å²) in [5.41, 5.74) is 2.46. The van der Waals surface area contributed by atoms with E-state index < -0.39 is 0 Å². The standard InChI is InChI=1S/C23H23N5O2/c1-23(2)12-16-19(17(29)13-23)20(15-6-4-5-7-18(15)30-3)28-22(25-16)26-21(27-28)14-8-10-24-11-9-14/h4-12,19-20H,13H2,1-3H3,(H,25,26,27)/t19-,20-/m0/s1. The molecule has 152 valence electrons. The molecule has 1 N–H and O–H groups in total. The summed E-state index contributed by atoms with van der Waals surface area (Å²) >= 11 is 0. The second-order valence-corrected chi connectivity index (χ2v) is 8.46. The van der Waals surface area contributed by atoms with Gasteiger partial charge in [0.15, 0.2) is 5.82 Å². The number of ketones is 1. The van der Waals surface area contributed by atoms with E-state index in [4.69, 9.17) is 14.8 Å². The van der Waals surface area contributed by atoms with E-state index in [1.165, 1.54) is 0 Å². The predicted molar refractivity (Wildman–Crippen MR) is 113 cm³/mol. The summed E-state index contributed by atoms with van der Waals surface area (Å²) in [6, 6.07) is 11.2. The number of methoxy groups -OCH3 is 1. The van der Waals surface area contributed by atoms with Crippen molar-refractivity contribution < 1.29 is 9.53 Å². The molecule has 0 saturated heterocycles. The normalized spacial score (nSPS) is 21.8. The molecule has 1 aliphatic carbocycles. The van der Waals surface area contributed by atoms with E-state index >= 15 is 0 Å². The van der Waals surface area contributed by atoms with Gasteiger partial charge in [-0.2, -0.15) is 4.98 Å². The molecular weight excluding hydrogens is 378 g/mol. The van der Waals surface area contributed by atoms with Gasteiger partial charge in [-0.1, -0.05) is 38.1 Å². The summed E-state index contributed by atoms with van der Waals surface area (Å²) in [5, 5.41) is 8.18. The fourth-order valence-corrected chi connectivity index (χ4v) is 4.47. The van der Waals surface area contributed by atoms with Gasteiger partial charge in [-0.15, -0.1) is 5.10 Å². The zero-order valence-corrected chi connectivity index (χ0v) is 17.2. The average molecular weight is 401 g/mol. The third-order valence-electron chi connectivity index (χ3n) is 5.72. The first-order chi connectivity index (χ1) is 14.5. The maximum absolute atomic E-state index is 13.3. The lowest BCUT2D eigenvalue weighted by atomic mass is 9.72. The number of benzene rings is 1. The van der Waals surface area contributed by atoms with Gasteiger partial charge in [0.2, 0.25) is 5.95 Å². The maximum atomic E-state index is 13.3. The Morgan fingerprint density at radius 1 is 1.17 bits per heavy atom. The molecule has 0 unspecified atom stereocenters. The van der Waals surface area contributed by atoms with Crippen molar-refractivity contribution in [3.63, 3.8) is 0 Å². The summed E-state index contributed by atoms with van der Waals surface area (Å²) in [7, 11) is 1.65. The number of carbonyl (C=O) groups excluding carboxylic acids is 1. The minimum Gasteiger partial charge on any atom is -0.496 e. The summed E-state index contributed by atoms with van der Waals surface area (Å²) < 4.78 is 7.47. The number of fused-ring (bicyclic) bond motifs is 2. The van der Waals surface area contributed by atoms with E-state index in [1.807, 2.05) is 41.1 Å². The third kappa shape index (κ3) is 2.98. The van der Waals surface area contributed by atoms with Gasteiger partial charge in [0, 0.05) is 35.6 Å². The molecule has 1 aromatic carbocycles. The Labute approximate surface area is 174 Å². The molecule has 0 amide bonds. The van der Waals surface area contributed by atoms with Crippen molar-refractivity contribution in [2.24, 2.45) is 11.3 Å². The number of Topliss-reactive ketones (excluding diaryl/α,β-unsaturated/α-hetero) is 1. The van der Waals surface area contributed by atoms with Crippen LogP contribution < -0.4 is 10.1 Å². The van der Waals surface area contributed by atoms with Crippen molar-refractivity contribution in [2.45, 2.75) is 26.3 Å². The first-order valence-electron chi connectivity index (χ1n) is 9.99. The average Bonchev–Trinajstić information content (AvgIpc) is 3.15. The van der Waals surface area contributed by atoms with Crippen LogP contribution in [0.15, 0.2) is 60.6 Å². The lowest BCUT2D eigenvalue weighted by Crippen LogP contribution is -2.42. The van der Waals surface area contributed by atoms with Crippen LogP contribution >= 0.6 is 0 Å². The second-order valence-electron chi connectivity index (χ2n) is 8.46. The summed E-state index contributed by atoms with van der Waals surface area (Å²) in [5.74, 6) is 1.76. The topological polar surface area (TPSA) is 81.9 Å². The number of allylic oxidation sites excluding steroid dienone is 2. The van der Waals surface area contributed by atoms with Gasteiger partial charge in [0.05, 0.1) is 19.1 Å². The zero-order chi connectivity index (χ0) is 20.9. The zero-order valence-electron chi connectivity index (χ0n) is 17.2. The molecule has 0 fully saturated rings. The highest BCUT2D eigenvalue weighted by molar-refractivity contribution is 5.88. The van der Waals surface area contributed by atoms with Crippen LogP contribution in [0.25, 0.3) is 11.4 Å². The van der Waals surface area contributed by atoms with Crippen molar-refractivity contribution in [3.8, 4) is 17.1 Å². The summed E-state index contributed by atoms with van der Waals surface area (Å²) in [6.45, 7) is 4.16. The number of para-hydroxylation sites is 1. The van der Waals surface area contributed by atoms with Crippen LogP contribution in [0.3, 0.4) is 0 Å². The molecule has 0 saturated carbocycles. The number of carbonyl (C=O) groups is 1. The fourth-order valence-electron chi connectivity index (χ4n) is 4.47. The quantitative estimate of drug-likeness (QED) is 0.718. The van der Waals surface area contributed by atoms with Crippen LogP contribution in [0.4, 0.5) is 5.95 Å². The Bertz CT molecular complexity index is 1150. The van der Waals surface area contributed by atoms with Gasteiger partial charge in [-0.3, -0.25) is 9.78 Å². The smallest absolute Gasteiger partial charge is 0.226 e. The van der Waals surface area contributed by atoms with Gasteiger partial charge in [-0.05, 0) is 23.6 Å². The molecular formula is C23H23N5O2. The van der Waals surface area contributed by atoms with E-state index in [2.05, 4.69) is 30.2 Å². The minimum atomic E-state index is -0.367. The first kappa shape index (κ1) is 18.5. The monoisotopic (exact) mass is 401 g/mol. The molecule has 2 atom stereocenters. The van der Waals surface area contributed by atoms with Crippen molar-refractivity contribution in [3.05, 3.63) is 66.1 Å². The van der Waals surface area contributed by atoms with Crippen LogP contribution in [-0.2, 0) is 4.79 Å². The fraction of sp³-hybridized carbons (Fsp3) is 0.304. The highest BCUT2D eigenvalue weighted by atomic mass is 16.5. The van der Waals surface area contributed by atoms with Crippen LogP contribution in [0.1, 0.15) is 31.9 Å². The maximum Gasteiger partial charge on any atom is 0.226 e. The number of hydrogen-bond donors (Lipinski definition) is 1. The third-order valence-corrected chi connectivity index (χ3v) is 5.72. The number of nitrogens with zero attached hydrogens (tertiary/aromatic N) is 4. The Morgan fingerprint density at radius 2 is 1.93 bits per heavy atom. The molecule has 1 aliphatic heterocycles. The SMILES string of the molecule is COc1ccccc1[C@H]1[C@@H]2C(=O)CC(C)(C)C=C2Nc2nc(-c3ccncc3)nn21. The van der Waals surface area contributed by atoms with Gasteiger partial charge in [0.1, 0.15) is 11.5 Å². The Kier molecular flexibility index (Phi) is 4.20. The van der Waals surface area contributed by atoms with E-state index in [0.29, 0.717) is 18.2 Å². The van der Waals surface area contributed by atoms with Crippen LogP contribution in [0.2, 0.25) is 0 Å². The molecule has 2 aromatic heterocycles. The van der Waals surface area contributed by atoms with Crippen molar-refractivity contribution in [2.75, 3.05) is 12.4 Å². The highest BCUT2D eigenvalue weighted by Crippen LogP contribution is 2.47. The largest absolute Gasteiger partial charge is 0.496 e. The Hall–Kier alpha value is -3.48. The Morgan fingerprint density at radius 3 is 2.70 bits per heavy atom. The number of anilines is 1. The second kappa shape index (κ2) is 6.79. The molecule has 3 aromatic rings. The molecule has 3 heterocycles. The number of ether oxygens (including phenoxy) is 1. The first-order valence-corrected chi connectivity index (χ1v) is 9.99. The summed E-state index contributed by atoms with van der Waals surface area (Å²) in [4.78, 5) is 22.1. The lowest BCUT2D eigenvalue weighted by molar-refractivity contribution is -0.125. The molecule has 0 radical (unpaired) electrons. The molecule has 0 spiro atoms. The van der Waals surface area contributed by atoms with Gasteiger partial charge < -0.3 is 10.1 Å². The molecule has 7 heteroatoms. The summed E-state index contributed by atoms with van der Waals surface area (Å²) in [6.07, 6.45) is 6.07. The van der Waals surface area contributed by atoms with Crippen LogP contribution in [0, 0.1) is 11.3 Å². The molecule has 7 nitrogen and oxygen atoms in total. The lowest BCUT2D eigenvalue weighted by Gasteiger charge is -2.40. The molecule has 30 heavy (non-hydrogen) atoms. The number of pyridine rings is 1. The van der Waals surface area contributed by atoms with Crippen molar-refractivity contribution >= 4 is 11.7 Å². The minimum absolute atomic E-state index is 0.188. The van der Waals surface area contributed by atoms with E-state index in [0.717, 1.165) is 22.6 Å². The molecule has 0 bridgehead atoms. The van der Waals surface area contributed by atoms with E-state index in [1.54, 1.807) is 19.5 Å². The predicted octanol–water partition coefficient (Wildman–Crippen LogP) is 3.86. The van der Waals surface area contributed by atoms with Crippen molar-refractivity contribution in [1.29, 1.82) is 0 Å². The van der Waals surface area contributed by atoms with Gasteiger partial charge in [-0.25, -0.2) is 4.68 Å². The van der Waals surface area contributed by atoms with Crippen LogP contribution in [-0.4, -0.2) is 32.6 Å². The molecule has 2 aliphatic rings. The number of rotatable bonds is 3. The van der Waals surface area contributed by atoms with Crippen LogP contribution in [0.5, 0.6) is 5.75 Å². The van der Waals surface area contributed by atoms with Crippen molar-refractivity contribution in [1.82, 2.24) is 19.7 Å². The number of aromatic nitrogens is 4. The molecule has 5 rings (SSSR count). The van der Waals surface area contributed by atoms with E-state index in [9.17, 15) is 4.79 Å². The number of hydrogen-bond acceptors (Lipinski definition) is 6. The number of nitrogens with one attached hydrogen (secondary N) is 1.